The number of carbonyl (C=O) groups is 1. The predicted octanol–water partition coefficient (Wildman–Crippen LogP) is 3.46. The molecule has 5 nitrogen and oxygen atoms in total. The Kier molecular flexibility index (Phi) is 4.35. The number of aromatic carboxylic acids is 1. The molecule has 0 aliphatic carbocycles. The molecule has 112 valence electrons. The van der Waals surface area contributed by atoms with Crippen molar-refractivity contribution >= 4 is 48.9 Å². The van der Waals surface area contributed by atoms with Gasteiger partial charge in [-0.3, -0.25) is 4.72 Å². The largest absolute Gasteiger partial charge is 0.478 e. The lowest BCUT2D eigenvalue weighted by atomic mass is 10.2. The van der Waals surface area contributed by atoms with E-state index in [1.54, 1.807) is 6.92 Å². The molecule has 0 amide bonds. The van der Waals surface area contributed by atoms with Crippen molar-refractivity contribution in [1.82, 2.24) is 0 Å². The van der Waals surface area contributed by atoms with Gasteiger partial charge in [-0.25, -0.2) is 17.6 Å². The average molecular weight is 394 g/mol. The molecule has 0 saturated carbocycles. The maximum Gasteiger partial charge on any atom is 0.335 e. The van der Waals surface area contributed by atoms with Crippen LogP contribution in [0.25, 0.3) is 0 Å². The minimum Gasteiger partial charge on any atom is -0.478 e. The lowest BCUT2D eigenvalue weighted by molar-refractivity contribution is 0.0697. The molecular formula is C12H9BrFNO4S2. The Balaban J connectivity index is 2.43. The van der Waals surface area contributed by atoms with E-state index in [1.807, 2.05) is 0 Å². The van der Waals surface area contributed by atoms with Gasteiger partial charge in [0.05, 0.1) is 15.0 Å². The van der Waals surface area contributed by atoms with Gasteiger partial charge < -0.3 is 5.11 Å². The highest BCUT2D eigenvalue weighted by molar-refractivity contribution is 9.11. The predicted molar refractivity (Wildman–Crippen MR) is 80.9 cm³/mol. The first-order chi connectivity index (χ1) is 9.70. The second kappa shape index (κ2) is 5.74. The highest BCUT2D eigenvalue weighted by Gasteiger charge is 2.21. The molecule has 1 heterocycles. The molecule has 0 unspecified atom stereocenters. The lowest BCUT2D eigenvalue weighted by Crippen LogP contribution is -2.14. The fraction of sp³-hybridized carbons (Fsp3) is 0.0833. The smallest absolute Gasteiger partial charge is 0.335 e. The van der Waals surface area contributed by atoms with Gasteiger partial charge in [0.15, 0.2) is 0 Å². The molecule has 0 saturated heterocycles. The molecule has 2 aromatic rings. The summed E-state index contributed by atoms with van der Waals surface area (Å²) >= 11 is 4.41. The monoisotopic (exact) mass is 393 g/mol. The van der Waals surface area contributed by atoms with Crippen LogP contribution in [0.4, 0.5) is 10.1 Å². The van der Waals surface area contributed by atoms with Crippen LogP contribution >= 0.6 is 27.3 Å². The van der Waals surface area contributed by atoms with Crippen molar-refractivity contribution < 1.29 is 22.7 Å². The number of rotatable bonds is 4. The minimum absolute atomic E-state index is 0.0134. The molecule has 2 N–H and O–H groups in total. The Morgan fingerprint density at radius 3 is 2.57 bits per heavy atom. The number of halogens is 2. The molecular weight excluding hydrogens is 385 g/mol. The molecule has 1 aromatic carbocycles. The van der Waals surface area contributed by atoms with Crippen molar-refractivity contribution in [3.05, 3.63) is 44.3 Å². The van der Waals surface area contributed by atoms with Gasteiger partial charge in [-0.15, -0.1) is 11.3 Å². The molecule has 0 atom stereocenters. The van der Waals surface area contributed by atoms with Crippen LogP contribution in [0.5, 0.6) is 0 Å². The molecule has 0 aliphatic heterocycles. The summed E-state index contributed by atoms with van der Waals surface area (Å²) in [4.78, 5) is 11.4. The molecule has 0 fully saturated rings. The Labute approximate surface area is 132 Å². The summed E-state index contributed by atoms with van der Waals surface area (Å²) in [6, 6.07) is 4.30. The lowest BCUT2D eigenvalue weighted by Gasteiger charge is -2.09. The molecule has 0 radical (unpaired) electrons. The van der Waals surface area contributed by atoms with E-state index in [-0.39, 0.29) is 10.5 Å². The van der Waals surface area contributed by atoms with E-state index in [2.05, 4.69) is 20.7 Å². The SMILES string of the molecule is Cc1sc(Br)cc1S(=O)(=O)Nc1cc(C(=O)O)ccc1F. The molecule has 0 bridgehead atoms. The van der Waals surface area contributed by atoms with Gasteiger partial charge in [0.1, 0.15) is 10.7 Å². The summed E-state index contributed by atoms with van der Waals surface area (Å²) in [6.45, 7) is 1.62. The van der Waals surface area contributed by atoms with Gasteiger partial charge in [0, 0.05) is 4.88 Å². The topological polar surface area (TPSA) is 83.5 Å². The normalized spacial score (nSPS) is 11.4. The second-order valence-corrected chi connectivity index (χ2v) is 8.36. The summed E-state index contributed by atoms with van der Waals surface area (Å²) in [7, 11) is -3.99. The zero-order chi connectivity index (χ0) is 15.8. The Bertz CT molecular complexity index is 817. The molecule has 0 spiro atoms. The standard InChI is InChI=1S/C12H9BrFNO4S2/c1-6-10(5-11(13)20-6)21(18,19)15-9-4-7(12(16)17)2-3-8(9)14/h2-5,15H,1H3,(H,16,17). The molecule has 1 aromatic heterocycles. The van der Waals surface area contributed by atoms with Crippen molar-refractivity contribution in [1.29, 1.82) is 0 Å². The van der Waals surface area contributed by atoms with E-state index in [0.29, 0.717) is 8.66 Å². The fourth-order valence-electron chi connectivity index (χ4n) is 1.63. The molecule has 9 heteroatoms. The van der Waals surface area contributed by atoms with Gasteiger partial charge in [-0.1, -0.05) is 0 Å². The quantitative estimate of drug-likeness (QED) is 0.832. The van der Waals surface area contributed by atoms with E-state index < -0.39 is 27.5 Å². The van der Waals surface area contributed by atoms with Crippen LogP contribution in [0.15, 0.2) is 32.9 Å². The maximum atomic E-state index is 13.7. The van der Waals surface area contributed by atoms with Gasteiger partial charge >= 0.3 is 5.97 Å². The van der Waals surface area contributed by atoms with Crippen LogP contribution in [0, 0.1) is 12.7 Å². The van der Waals surface area contributed by atoms with Crippen molar-refractivity contribution in [2.45, 2.75) is 11.8 Å². The fourth-order valence-corrected chi connectivity index (χ4v) is 5.11. The second-order valence-electron chi connectivity index (χ2n) is 4.08. The number of hydrogen-bond acceptors (Lipinski definition) is 4. The minimum atomic E-state index is -3.99. The first-order valence-electron chi connectivity index (χ1n) is 5.52. The number of benzene rings is 1. The van der Waals surface area contributed by atoms with Crippen molar-refractivity contribution in [2.24, 2.45) is 0 Å². The molecule has 2 rings (SSSR count). The van der Waals surface area contributed by atoms with E-state index in [9.17, 15) is 17.6 Å². The Morgan fingerprint density at radius 2 is 2.05 bits per heavy atom. The van der Waals surface area contributed by atoms with E-state index in [1.165, 1.54) is 17.4 Å². The third-order valence-electron chi connectivity index (χ3n) is 2.59. The zero-order valence-electron chi connectivity index (χ0n) is 10.6. The molecule has 0 aliphatic rings. The maximum absolute atomic E-state index is 13.7. The highest BCUT2D eigenvalue weighted by Crippen LogP contribution is 2.31. The summed E-state index contributed by atoms with van der Waals surface area (Å²) in [5, 5.41) is 8.86. The Morgan fingerprint density at radius 1 is 1.38 bits per heavy atom. The third kappa shape index (κ3) is 3.42. The third-order valence-corrected chi connectivity index (χ3v) is 5.76. The summed E-state index contributed by atoms with van der Waals surface area (Å²) < 4.78 is 40.8. The number of sulfonamides is 1. The number of anilines is 1. The molecule has 21 heavy (non-hydrogen) atoms. The zero-order valence-corrected chi connectivity index (χ0v) is 13.8. The first kappa shape index (κ1) is 15.9. The van der Waals surface area contributed by atoms with Crippen LogP contribution < -0.4 is 4.72 Å². The first-order valence-corrected chi connectivity index (χ1v) is 8.61. The van der Waals surface area contributed by atoms with Crippen molar-refractivity contribution in [3.63, 3.8) is 0 Å². The van der Waals surface area contributed by atoms with Gasteiger partial charge in [0.2, 0.25) is 0 Å². The number of hydrogen-bond donors (Lipinski definition) is 2. The summed E-state index contributed by atoms with van der Waals surface area (Å²) in [5.74, 6) is -2.12. The van der Waals surface area contributed by atoms with E-state index in [0.717, 1.165) is 18.2 Å². The van der Waals surface area contributed by atoms with Crippen molar-refractivity contribution in [2.75, 3.05) is 4.72 Å². The van der Waals surface area contributed by atoms with Crippen LogP contribution in [-0.2, 0) is 10.0 Å². The van der Waals surface area contributed by atoms with Gasteiger partial charge in [-0.2, -0.15) is 0 Å². The van der Waals surface area contributed by atoms with Gasteiger partial charge in [0.25, 0.3) is 10.0 Å². The average Bonchev–Trinajstić information content (AvgIpc) is 2.71. The number of carboxylic acid groups (broad SMARTS) is 1. The number of nitrogens with one attached hydrogen (secondary N) is 1. The number of aryl methyl sites for hydroxylation is 1. The van der Waals surface area contributed by atoms with Crippen molar-refractivity contribution in [3.8, 4) is 0 Å². The number of thiophene rings is 1. The summed E-state index contributed by atoms with van der Waals surface area (Å²) in [6.07, 6.45) is 0. The Hall–Kier alpha value is -1.45. The van der Waals surface area contributed by atoms with Gasteiger partial charge in [-0.05, 0) is 47.1 Å². The summed E-state index contributed by atoms with van der Waals surface area (Å²) in [5.41, 5.74) is -0.617. The number of carboxylic acids is 1. The van der Waals surface area contributed by atoms with Crippen LogP contribution in [0.1, 0.15) is 15.2 Å². The van der Waals surface area contributed by atoms with Crippen LogP contribution in [0.3, 0.4) is 0 Å². The van der Waals surface area contributed by atoms with Crippen LogP contribution in [-0.4, -0.2) is 19.5 Å². The van der Waals surface area contributed by atoms with E-state index in [4.69, 9.17) is 5.11 Å². The highest BCUT2D eigenvalue weighted by atomic mass is 79.9. The van der Waals surface area contributed by atoms with Crippen LogP contribution in [0.2, 0.25) is 0 Å². The van der Waals surface area contributed by atoms with E-state index >= 15 is 0 Å².